The Morgan fingerprint density at radius 2 is 1.75 bits per heavy atom. The Hall–Kier alpha value is -2.50. The number of anilines is 2. The second-order valence-corrected chi connectivity index (χ2v) is 5.86. The number of rotatable bonds is 8. The van der Waals surface area contributed by atoms with Crippen LogP contribution in [0.3, 0.4) is 0 Å². The van der Waals surface area contributed by atoms with Crippen molar-refractivity contribution in [1.29, 1.82) is 0 Å². The Morgan fingerprint density at radius 1 is 1.04 bits per heavy atom. The van der Waals surface area contributed by atoms with Crippen molar-refractivity contribution in [1.82, 2.24) is 9.97 Å². The molecule has 0 atom stereocenters. The van der Waals surface area contributed by atoms with Crippen LogP contribution in [0.2, 0.25) is 0 Å². The molecule has 2 N–H and O–H groups in total. The highest BCUT2D eigenvalue weighted by Gasteiger charge is 2.14. The van der Waals surface area contributed by atoms with Crippen LogP contribution >= 0.6 is 0 Å². The van der Waals surface area contributed by atoms with E-state index in [1.807, 2.05) is 30.3 Å². The number of hydrogen-bond acceptors (Lipinski definition) is 6. The lowest BCUT2D eigenvalue weighted by Crippen LogP contribution is -2.16. The molecule has 128 valence electrons. The summed E-state index contributed by atoms with van der Waals surface area (Å²) in [5.41, 5.74) is 0. The predicted molar refractivity (Wildman–Crippen MR) is 94.9 cm³/mol. The van der Waals surface area contributed by atoms with Gasteiger partial charge < -0.3 is 20.1 Å². The van der Waals surface area contributed by atoms with Crippen LogP contribution in [0, 0.1) is 0 Å². The summed E-state index contributed by atoms with van der Waals surface area (Å²) in [7, 11) is 1.65. The fourth-order valence-electron chi connectivity index (χ4n) is 2.83. The topological polar surface area (TPSA) is 68.3 Å². The van der Waals surface area contributed by atoms with Gasteiger partial charge in [-0.2, -0.15) is 0 Å². The standard InChI is InChI=1S/C18H24N4O2/c1-23-15-6-8-16(9-7-15)24-11-10-19-17-12-18(21-13-20-17)22-14-4-2-3-5-14/h6-9,12-14H,2-5,10-11H2,1H3,(H2,19,20,21,22). The molecule has 0 spiro atoms. The number of nitrogens with one attached hydrogen (secondary N) is 2. The second-order valence-electron chi connectivity index (χ2n) is 5.86. The van der Waals surface area contributed by atoms with Gasteiger partial charge in [0.2, 0.25) is 0 Å². The van der Waals surface area contributed by atoms with Crippen molar-refractivity contribution in [3.8, 4) is 11.5 Å². The van der Waals surface area contributed by atoms with Gasteiger partial charge in [0.1, 0.15) is 36.1 Å². The van der Waals surface area contributed by atoms with Gasteiger partial charge in [0.05, 0.1) is 13.7 Å². The van der Waals surface area contributed by atoms with Crippen molar-refractivity contribution >= 4 is 11.6 Å². The molecule has 0 saturated heterocycles. The second kappa shape index (κ2) is 8.38. The van der Waals surface area contributed by atoms with Gasteiger partial charge in [-0.3, -0.25) is 0 Å². The van der Waals surface area contributed by atoms with Crippen molar-refractivity contribution in [2.75, 3.05) is 30.9 Å². The number of hydrogen-bond donors (Lipinski definition) is 2. The highest BCUT2D eigenvalue weighted by atomic mass is 16.5. The maximum atomic E-state index is 5.69. The summed E-state index contributed by atoms with van der Waals surface area (Å²) < 4.78 is 10.8. The summed E-state index contributed by atoms with van der Waals surface area (Å²) in [5, 5.41) is 6.74. The molecule has 6 heteroatoms. The molecular formula is C18H24N4O2. The maximum Gasteiger partial charge on any atom is 0.131 e. The Labute approximate surface area is 142 Å². The fraction of sp³-hybridized carbons (Fsp3) is 0.444. The van der Waals surface area contributed by atoms with Gasteiger partial charge in [0, 0.05) is 12.1 Å². The van der Waals surface area contributed by atoms with Crippen molar-refractivity contribution in [3.63, 3.8) is 0 Å². The lowest BCUT2D eigenvalue weighted by Gasteiger charge is -2.13. The minimum absolute atomic E-state index is 0.547. The molecule has 0 unspecified atom stereocenters. The first kappa shape index (κ1) is 16.4. The molecule has 0 amide bonds. The first-order chi connectivity index (χ1) is 11.8. The van der Waals surface area contributed by atoms with E-state index in [4.69, 9.17) is 9.47 Å². The van der Waals surface area contributed by atoms with E-state index in [0.717, 1.165) is 23.1 Å². The summed E-state index contributed by atoms with van der Waals surface area (Å²) in [6, 6.07) is 10.1. The van der Waals surface area contributed by atoms with Crippen molar-refractivity contribution in [3.05, 3.63) is 36.7 Å². The number of aromatic nitrogens is 2. The summed E-state index contributed by atoms with van der Waals surface area (Å²) in [6.07, 6.45) is 6.64. The minimum Gasteiger partial charge on any atom is -0.497 e. The number of methoxy groups -OCH3 is 1. The summed E-state index contributed by atoms with van der Waals surface area (Å²) in [4.78, 5) is 8.54. The SMILES string of the molecule is COc1ccc(OCCNc2cc(NC3CCCC3)ncn2)cc1. The quantitative estimate of drug-likeness (QED) is 0.725. The van der Waals surface area contributed by atoms with Crippen molar-refractivity contribution in [2.45, 2.75) is 31.7 Å². The molecule has 1 aromatic heterocycles. The third-order valence-corrected chi connectivity index (χ3v) is 4.11. The zero-order valence-corrected chi connectivity index (χ0v) is 14.0. The largest absolute Gasteiger partial charge is 0.497 e. The molecule has 24 heavy (non-hydrogen) atoms. The predicted octanol–water partition coefficient (Wildman–Crippen LogP) is 3.33. The summed E-state index contributed by atoms with van der Waals surface area (Å²) >= 11 is 0. The highest BCUT2D eigenvalue weighted by molar-refractivity contribution is 5.47. The Bertz CT molecular complexity index is 627. The molecule has 1 aromatic carbocycles. The molecule has 2 aromatic rings. The van der Waals surface area contributed by atoms with Crippen LogP contribution in [0.5, 0.6) is 11.5 Å². The Balaban J connectivity index is 1.42. The van der Waals surface area contributed by atoms with E-state index in [1.54, 1.807) is 13.4 Å². The van der Waals surface area contributed by atoms with Gasteiger partial charge >= 0.3 is 0 Å². The Morgan fingerprint density at radius 3 is 2.50 bits per heavy atom. The van der Waals surface area contributed by atoms with Gasteiger partial charge in [0.15, 0.2) is 0 Å². The smallest absolute Gasteiger partial charge is 0.131 e. The molecule has 1 aliphatic carbocycles. The van der Waals surface area contributed by atoms with Crippen LogP contribution < -0.4 is 20.1 Å². The molecule has 0 radical (unpaired) electrons. The summed E-state index contributed by atoms with van der Waals surface area (Å²) in [6.45, 7) is 1.23. The number of benzene rings is 1. The molecule has 1 saturated carbocycles. The lowest BCUT2D eigenvalue weighted by molar-refractivity contribution is 0.331. The molecule has 1 aliphatic rings. The minimum atomic E-state index is 0.547. The fourth-order valence-corrected chi connectivity index (χ4v) is 2.83. The third-order valence-electron chi connectivity index (χ3n) is 4.11. The van der Waals surface area contributed by atoms with Crippen molar-refractivity contribution in [2.24, 2.45) is 0 Å². The molecule has 6 nitrogen and oxygen atoms in total. The highest BCUT2D eigenvalue weighted by Crippen LogP contribution is 2.22. The van der Waals surface area contributed by atoms with Crippen LogP contribution in [-0.4, -0.2) is 36.3 Å². The molecule has 1 fully saturated rings. The number of nitrogens with zero attached hydrogens (tertiary/aromatic N) is 2. The average molecular weight is 328 g/mol. The molecule has 1 heterocycles. The molecule has 3 rings (SSSR count). The average Bonchev–Trinajstić information content (AvgIpc) is 3.13. The normalized spacial score (nSPS) is 14.4. The van der Waals surface area contributed by atoms with Gasteiger partial charge in [-0.1, -0.05) is 12.8 Å². The van der Waals surface area contributed by atoms with Crippen LogP contribution in [0.1, 0.15) is 25.7 Å². The first-order valence-electron chi connectivity index (χ1n) is 8.43. The maximum absolute atomic E-state index is 5.69. The van der Waals surface area contributed by atoms with E-state index >= 15 is 0 Å². The first-order valence-corrected chi connectivity index (χ1v) is 8.43. The third kappa shape index (κ3) is 4.75. The Kier molecular flexibility index (Phi) is 5.71. The number of ether oxygens (including phenoxy) is 2. The zero-order valence-electron chi connectivity index (χ0n) is 14.0. The van der Waals surface area contributed by atoms with Gasteiger partial charge in [0.25, 0.3) is 0 Å². The van der Waals surface area contributed by atoms with Gasteiger partial charge in [-0.25, -0.2) is 9.97 Å². The van der Waals surface area contributed by atoms with Gasteiger partial charge in [-0.15, -0.1) is 0 Å². The van der Waals surface area contributed by atoms with Crippen molar-refractivity contribution < 1.29 is 9.47 Å². The molecule has 0 bridgehead atoms. The van der Waals surface area contributed by atoms with Crippen LogP contribution in [-0.2, 0) is 0 Å². The summed E-state index contributed by atoms with van der Waals surface area (Å²) in [5.74, 6) is 3.34. The van der Waals surface area contributed by atoms with E-state index in [0.29, 0.717) is 19.2 Å². The van der Waals surface area contributed by atoms with E-state index in [2.05, 4.69) is 20.6 Å². The van der Waals surface area contributed by atoms with E-state index in [1.165, 1.54) is 25.7 Å². The molecule has 0 aliphatic heterocycles. The van der Waals surface area contributed by atoms with Crippen LogP contribution in [0.25, 0.3) is 0 Å². The monoisotopic (exact) mass is 328 g/mol. The van der Waals surface area contributed by atoms with Crippen LogP contribution in [0.4, 0.5) is 11.6 Å². The van der Waals surface area contributed by atoms with E-state index < -0.39 is 0 Å². The molecular weight excluding hydrogens is 304 g/mol. The zero-order chi connectivity index (χ0) is 16.6. The lowest BCUT2D eigenvalue weighted by atomic mass is 10.2. The van der Waals surface area contributed by atoms with Gasteiger partial charge in [-0.05, 0) is 37.1 Å². The van der Waals surface area contributed by atoms with Crippen LogP contribution in [0.15, 0.2) is 36.7 Å². The van der Waals surface area contributed by atoms with E-state index in [-0.39, 0.29) is 0 Å². The van der Waals surface area contributed by atoms with E-state index in [9.17, 15) is 0 Å².